The molecule has 2 amide bonds. The molecular weight excluding hydrogens is 416 g/mol. The van der Waals surface area contributed by atoms with Crippen LogP contribution < -0.4 is 9.47 Å². The van der Waals surface area contributed by atoms with Crippen molar-refractivity contribution < 1.29 is 19.1 Å². The van der Waals surface area contributed by atoms with Crippen molar-refractivity contribution in [2.24, 2.45) is 5.92 Å². The normalized spacial score (nSPS) is 17.2. The molecule has 33 heavy (non-hydrogen) atoms. The molecular formula is C27H32N2O4. The minimum atomic E-state index is -0.240. The number of ether oxygens (including phenoxy) is 2. The number of carbonyl (C=O) groups is 2. The van der Waals surface area contributed by atoms with Gasteiger partial charge in [0, 0.05) is 13.1 Å². The van der Waals surface area contributed by atoms with E-state index in [2.05, 4.69) is 17.9 Å². The van der Waals surface area contributed by atoms with Crippen LogP contribution in [0, 0.1) is 19.8 Å². The summed E-state index contributed by atoms with van der Waals surface area (Å²) < 4.78 is 10.7. The maximum absolute atomic E-state index is 13.7. The fourth-order valence-corrected chi connectivity index (χ4v) is 4.73. The third kappa shape index (κ3) is 4.34. The van der Waals surface area contributed by atoms with Crippen molar-refractivity contribution in [1.29, 1.82) is 0 Å². The number of amides is 2. The van der Waals surface area contributed by atoms with E-state index in [0.29, 0.717) is 28.7 Å². The van der Waals surface area contributed by atoms with Gasteiger partial charge in [-0.3, -0.25) is 14.5 Å². The molecule has 0 N–H and O–H groups in total. The molecule has 0 spiro atoms. The quantitative estimate of drug-likeness (QED) is 0.616. The molecule has 2 aromatic rings. The number of hydrogen-bond donors (Lipinski definition) is 0. The van der Waals surface area contributed by atoms with Gasteiger partial charge >= 0.3 is 0 Å². The number of benzene rings is 2. The second-order valence-electron chi connectivity index (χ2n) is 9.10. The number of nitrogens with zero attached hydrogens (tertiary/aromatic N) is 2. The third-order valence-corrected chi connectivity index (χ3v) is 6.68. The number of piperidine rings is 1. The van der Waals surface area contributed by atoms with E-state index in [4.69, 9.17) is 9.47 Å². The first-order valence-corrected chi connectivity index (χ1v) is 11.5. The van der Waals surface area contributed by atoms with Gasteiger partial charge in [-0.1, -0.05) is 36.8 Å². The largest absolute Gasteiger partial charge is 0.493 e. The standard InChI is InChI=1S/C27H32N2O4/c1-17-10-12-28(13-11-17)25-24(21-8-6-18(2)14-19(21)3)26(30)29(27(25)31)16-20-7-9-22(32-4)23(15-20)33-5/h6-9,14-15,17H,10-13,16H2,1-5H3. The van der Waals surface area contributed by atoms with Crippen LogP contribution in [0.1, 0.15) is 42.0 Å². The molecule has 2 aliphatic rings. The Morgan fingerprint density at radius 2 is 1.61 bits per heavy atom. The van der Waals surface area contributed by atoms with Crippen LogP contribution in [0.5, 0.6) is 11.5 Å². The molecule has 0 unspecified atom stereocenters. The lowest BCUT2D eigenvalue weighted by atomic mass is 9.95. The van der Waals surface area contributed by atoms with Gasteiger partial charge < -0.3 is 14.4 Å². The highest BCUT2D eigenvalue weighted by atomic mass is 16.5. The van der Waals surface area contributed by atoms with Gasteiger partial charge in [0.15, 0.2) is 11.5 Å². The highest BCUT2D eigenvalue weighted by molar-refractivity contribution is 6.35. The second kappa shape index (κ2) is 9.30. The molecule has 6 nitrogen and oxygen atoms in total. The van der Waals surface area contributed by atoms with E-state index in [1.54, 1.807) is 20.3 Å². The SMILES string of the molecule is COc1ccc(CN2C(=O)C(c3ccc(C)cc3C)=C(N3CCC(C)CC3)C2=O)cc1OC. The van der Waals surface area contributed by atoms with E-state index < -0.39 is 0 Å². The minimum absolute atomic E-state index is 0.181. The van der Waals surface area contributed by atoms with Gasteiger partial charge in [-0.15, -0.1) is 0 Å². The maximum atomic E-state index is 13.7. The van der Waals surface area contributed by atoms with Crippen LogP contribution in [-0.2, 0) is 16.1 Å². The van der Waals surface area contributed by atoms with Crippen LogP contribution in [0.15, 0.2) is 42.1 Å². The van der Waals surface area contributed by atoms with Crippen LogP contribution in [0.3, 0.4) is 0 Å². The lowest BCUT2D eigenvalue weighted by molar-refractivity contribution is -0.138. The number of imide groups is 1. The van der Waals surface area contributed by atoms with Crippen molar-refractivity contribution >= 4 is 17.4 Å². The lowest BCUT2D eigenvalue weighted by Crippen LogP contribution is -2.38. The molecule has 1 fully saturated rings. The summed E-state index contributed by atoms with van der Waals surface area (Å²) in [6, 6.07) is 11.5. The van der Waals surface area contributed by atoms with Gasteiger partial charge in [0.05, 0.1) is 26.3 Å². The predicted molar refractivity (Wildman–Crippen MR) is 128 cm³/mol. The zero-order chi connectivity index (χ0) is 23.7. The fourth-order valence-electron chi connectivity index (χ4n) is 4.73. The van der Waals surface area contributed by atoms with E-state index in [9.17, 15) is 9.59 Å². The van der Waals surface area contributed by atoms with Crippen molar-refractivity contribution in [1.82, 2.24) is 9.80 Å². The Bertz CT molecular complexity index is 1110. The topological polar surface area (TPSA) is 59.1 Å². The number of carbonyl (C=O) groups excluding carboxylic acids is 2. The monoisotopic (exact) mass is 448 g/mol. The Morgan fingerprint density at radius 1 is 0.909 bits per heavy atom. The van der Waals surface area contributed by atoms with Crippen molar-refractivity contribution in [3.05, 3.63) is 64.3 Å². The zero-order valence-electron chi connectivity index (χ0n) is 20.1. The Kier molecular flexibility index (Phi) is 6.45. The van der Waals surface area contributed by atoms with Crippen LogP contribution in [0.25, 0.3) is 5.57 Å². The van der Waals surface area contributed by atoms with Crippen molar-refractivity contribution in [2.45, 2.75) is 40.2 Å². The minimum Gasteiger partial charge on any atom is -0.493 e. The molecule has 0 bridgehead atoms. The maximum Gasteiger partial charge on any atom is 0.278 e. The van der Waals surface area contributed by atoms with Crippen molar-refractivity contribution in [3.63, 3.8) is 0 Å². The summed E-state index contributed by atoms with van der Waals surface area (Å²) in [7, 11) is 3.15. The smallest absolute Gasteiger partial charge is 0.278 e. The molecule has 2 aliphatic heterocycles. The summed E-state index contributed by atoms with van der Waals surface area (Å²) in [4.78, 5) is 30.9. The Morgan fingerprint density at radius 3 is 2.24 bits per heavy atom. The number of likely N-dealkylation sites (tertiary alicyclic amines) is 1. The van der Waals surface area contributed by atoms with Gasteiger partial charge in [0.25, 0.3) is 11.8 Å². The first-order chi connectivity index (χ1) is 15.8. The summed E-state index contributed by atoms with van der Waals surface area (Å²) >= 11 is 0. The molecule has 4 rings (SSSR count). The Balaban J connectivity index is 1.73. The van der Waals surface area contributed by atoms with Gasteiger partial charge in [0.2, 0.25) is 0 Å². The first-order valence-electron chi connectivity index (χ1n) is 11.5. The van der Waals surface area contributed by atoms with Gasteiger partial charge in [-0.25, -0.2) is 0 Å². The molecule has 0 radical (unpaired) electrons. The number of methoxy groups -OCH3 is 2. The summed E-state index contributed by atoms with van der Waals surface area (Å²) in [5.74, 6) is 1.34. The third-order valence-electron chi connectivity index (χ3n) is 6.68. The molecule has 1 saturated heterocycles. The van der Waals surface area contributed by atoms with Crippen molar-refractivity contribution in [3.8, 4) is 11.5 Å². The predicted octanol–water partition coefficient (Wildman–Crippen LogP) is 4.33. The molecule has 174 valence electrons. The Hall–Kier alpha value is -3.28. The van der Waals surface area contributed by atoms with Crippen LogP contribution in [0.4, 0.5) is 0 Å². The summed E-state index contributed by atoms with van der Waals surface area (Å²) in [5.41, 5.74) is 4.84. The molecule has 2 aromatic carbocycles. The average molecular weight is 449 g/mol. The first kappa shape index (κ1) is 22.9. The summed E-state index contributed by atoms with van der Waals surface area (Å²) in [6.45, 7) is 8.02. The van der Waals surface area contributed by atoms with Crippen LogP contribution >= 0.6 is 0 Å². The summed E-state index contributed by atoms with van der Waals surface area (Å²) in [5, 5.41) is 0. The summed E-state index contributed by atoms with van der Waals surface area (Å²) in [6.07, 6.45) is 2.03. The van der Waals surface area contributed by atoms with Gasteiger partial charge in [-0.05, 0) is 61.4 Å². The van der Waals surface area contributed by atoms with E-state index in [-0.39, 0.29) is 18.4 Å². The Labute approximate surface area is 195 Å². The van der Waals surface area contributed by atoms with E-state index in [0.717, 1.165) is 48.2 Å². The number of hydrogen-bond acceptors (Lipinski definition) is 5. The molecule has 0 aliphatic carbocycles. The molecule has 0 aromatic heterocycles. The average Bonchev–Trinajstić information content (AvgIpc) is 3.04. The molecule has 2 heterocycles. The number of aryl methyl sites for hydroxylation is 2. The zero-order valence-corrected chi connectivity index (χ0v) is 20.1. The number of rotatable bonds is 6. The molecule has 6 heteroatoms. The van der Waals surface area contributed by atoms with E-state index >= 15 is 0 Å². The lowest BCUT2D eigenvalue weighted by Gasteiger charge is -2.32. The molecule has 0 atom stereocenters. The van der Waals surface area contributed by atoms with Gasteiger partial charge in [0.1, 0.15) is 5.70 Å². The highest BCUT2D eigenvalue weighted by Crippen LogP contribution is 2.37. The van der Waals surface area contributed by atoms with Gasteiger partial charge in [-0.2, -0.15) is 0 Å². The fraction of sp³-hybridized carbons (Fsp3) is 0.407. The van der Waals surface area contributed by atoms with Crippen LogP contribution in [0.2, 0.25) is 0 Å². The van der Waals surface area contributed by atoms with E-state index in [1.807, 2.05) is 38.1 Å². The van der Waals surface area contributed by atoms with Crippen LogP contribution in [-0.4, -0.2) is 48.9 Å². The second-order valence-corrected chi connectivity index (χ2v) is 9.10. The van der Waals surface area contributed by atoms with Crippen molar-refractivity contribution in [2.75, 3.05) is 27.3 Å². The highest BCUT2D eigenvalue weighted by Gasteiger charge is 2.42. The van der Waals surface area contributed by atoms with E-state index in [1.165, 1.54) is 4.90 Å². The molecule has 0 saturated carbocycles.